The third-order valence-electron chi connectivity index (χ3n) is 4.68. The smallest absolute Gasteiger partial charge is 0.265 e. The molecule has 0 aliphatic heterocycles. The highest BCUT2D eigenvalue weighted by molar-refractivity contribution is 6.04. The second-order valence-corrected chi connectivity index (χ2v) is 7.10. The monoisotopic (exact) mass is 382 g/mol. The largest absolute Gasteiger partial charge is 0.480 e. The third kappa shape index (κ3) is 5.59. The first-order valence-corrected chi connectivity index (χ1v) is 9.80. The molecule has 0 bridgehead atoms. The summed E-state index contributed by atoms with van der Waals surface area (Å²) in [5, 5.41) is 5.79. The fourth-order valence-corrected chi connectivity index (χ4v) is 2.81. The molecule has 0 fully saturated rings. The van der Waals surface area contributed by atoms with Crippen LogP contribution >= 0.6 is 0 Å². The van der Waals surface area contributed by atoms with E-state index < -0.39 is 6.10 Å². The van der Waals surface area contributed by atoms with Gasteiger partial charge in [-0.25, -0.2) is 0 Å². The number of nitrogens with one attached hydrogen (secondary N) is 2. The summed E-state index contributed by atoms with van der Waals surface area (Å²) < 4.78 is 5.95. The van der Waals surface area contributed by atoms with Gasteiger partial charge in [-0.1, -0.05) is 43.7 Å². The highest BCUT2D eigenvalue weighted by Crippen LogP contribution is 2.22. The topological polar surface area (TPSA) is 67.4 Å². The number of rotatable bonds is 8. The van der Waals surface area contributed by atoms with Gasteiger partial charge in [-0.15, -0.1) is 0 Å². The molecular formula is C23H30N2O3. The fraction of sp³-hybridized carbons (Fsp3) is 0.391. The zero-order valence-electron chi connectivity index (χ0n) is 17.3. The van der Waals surface area contributed by atoms with Crippen LogP contribution < -0.4 is 15.4 Å². The van der Waals surface area contributed by atoms with Crippen molar-refractivity contribution in [2.24, 2.45) is 0 Å². The normalized spacial score (nSPS) is 12.8. The van der Waals surface area contributed by atoms with E-state index in [0.717, 1.165) is 17.5 Å². The Bertz CT molecular complexity index is 832. The predicted octanol–water partition coefficient (Wildman–Crippen LogP) is 4.63. The first-order valence-electron chi connectivity index (χ1n) is 9.80. The van der Waals surface area contributed by atoms with Crippen LogP contribution in [0.1, 0.15) is 55.1 Å². The molecule has 2 amide bonds. The third-order valence-corrected chi connectivity index (χ3v) is 4.68. The molecule has 5 nitrogen and oxygen atoms in total. The minimum atomic E-state index is -0.646. The summed E-state index contributed by atoms with van der Waals surface area (Å²) in [5.74, 6) is 0.218. The summed E-state index contributed by atoms with van der Waals surface area (Å²) in [5.41, 5.74) is 3.05. The van der Waals surface area contributed by atoms with Crippen LogP contribution in [0.5, 0.6) is 5.75 Å². The quantitative estimate of drug-likeness (QED) is 0.699. The molecule has 2 atom stereocenters. The van der Waals surface area contributed by atoms with E-state index in [4.69, 9.17) is 4.74 Å². The Morgan fingerprint density at radius 3 is 2.39 bits per heavy atom. The lowest BCUT2D eigenvalue weighted by Gasteiger charge is -2.20. The van der Waals surface area contributed by atoms with E-state index in [0.29, 0.717) is 23.4 Å². The number of hydrogen-bond donors (Lipinski definition) is 2. The summed E-state index contributed by atoms with van der Waals surface area (Å²) in [4.78, 5) is 25.3. The second-order valence-electron chi connectivity index (χ2n) is 7.10. The first kappa shape index (κ1) is 21.5. The number of ether oxygens (including phenoxy) is 1. The van der Waals surface area contributed by atoms with Crippen LogP contribution in [0.15, 0.2) is 42.5 Å². The van der Waals surface area contributed by atoms with Crippen molar-refractivity contribution in [1.82, 2.24) is 5.32 Å². The summed E-state index contributed by atoms with van der Waals surface area (Å²) in [6, 6.07) is 12.9. The highest BCUT2D eigenvalue weighted by Gasteiger charge is 2.22. The zero-order valence-corrected chi connectivity index (χ0v) is 17.3. The van der Waals surface area contributed by atoms with E-state index in [1.807, 2.05) is 52.8 Å². The Labute approximate surface area is 167 Å². The summed E-state index contributed by atoms with van der Waals surface area (Å²) in [6.45, 7) is 9.83. The van der Waals surface area contributed by atoms with Crippen molar-refractivity contribution in [3.8, 4) is 5.75 Å². The van der Waals surface area contributed by atoms with Crippen LogP contribution in [0.25, 0.3) is 0 Å². The fourth-order valence-electron chi connectivity index (χ4n) is 2.81. The molecule has 0 aliphatic rings. The molecule has 2 rings (SSSR count). The maximum absolute atomic E-state index is 12.8. The molecule has 0 spiro atoms. The number of anilines is 1. The number of aryl methyl sites for hydroxylation is 2. The standard InChI is InChI=1S/C23H30N2O3/c1-6-17(5)24-22(26)18-10-8-9-11-19(18)25-23(27)20(7-2)28-21-13-12-15(3)14-16(21)4/h8-14,17,20H,6-7H2,1-5H3,(H,24,26)(H,25,27). The van der Waals surface area contributed by atoms with Gasteiger partial charge in [0.1, 0.15) is 5.75 Å². The number of amides is 2. The van der Waals surface area contributed by atoms with Crippen LogP contribution in [0, 0.1) is 13.8 Å². The van der Waals surface area contributed by atoms with E-state index in [-0.39, 0.29) is 17.9 Å². The van der Waals surface area contributed by atoms with E-state index in [9.17, 15) is 9.59 Å². The van der Waals surface area contributed by atoms with Crippen LogP contribution in [0.3, 0.4) is 0 Å². The first-order chi connectivity index (χ1) is 13.3. The molecule has 2 unspecified atom stereocenters. The Kier molecular flexibility index (Phi) is 7.61. The minimum absolute atomic E-state index is 0.0625. The second kappa shape index (κ2) is 9.93. The highest BCUT2D eigenvalue weighted by atomic mass is 16.5. The van der Waals surface area contributed by atoms with Gasteiger partial charge >= 0.3 is 0 Å². The van der Waals surface area contributed by atoms with Gasteiger partial charge < -0.3 is 15.4 Å². The molecule has 0 radical (unpaired) electrons. The summed E-state index contributed by atoms with van der Waals surface area (Å²) in [7, 11) is 0. The van der Waals surface area contributed by atoms with Crippen molar-refractivity contribution in [2.75, 3.05) is 5.32 Å². The van der Waals surface area contributed by atoms with E-state index in [2.05, 4.69) is 10.6 Å². The van der Waals surface area contributed by atoms with Gasteiger partial charge in [0.15, 0.2) is 6.10 Å². The van der Waals surface area contributed by atoms with Crippen molar-refractivity contribution in [3.05, 3.63) is 59.2 Å². The molecule has 5 heteroatoms. The molecule has 0 heterocycles. The molecule has 28 heavy (non-hydrogen) atoms. The van der Waals surface area contributed by atoms with Crippen molar-refractivity contribution < 1.29 is 14.3 Å². The van der Waals surface area contributed by atoms with Gasteiger partial charge in [0, 0.05) is 6.04 Å². The molecular weight excluding hydrogens is 352 g/mol. The molecule has 2 aromatic rings. The van der Waals surface area contributed by atoms with Gasteiger partial charge in [0.05, 0.1) is 11.3 Å². The van der Waals surface area contributed by atoms with Crippen LogP contribution in [-0.2, 0) is 4.79 Å². The molecule has 0 aromatic heterocycles. The van der Waals surface area contributed by atoms with Gasteiger partial charge in [-0.2, -0.15) is 0 Å². The van der Waals surface area contributed by atoms with E-state index >= 15 is 0 Å². The number of para-hydroxylation sites is 1. The Balaban J connectivity index is 2.15. The molecule has 0 saturated heterocycles. The molecule has 2 aromatic carbocycles. The number of hydrogen-bond acceptors (Lipinski definition) is 3. The Hall–Kier alpha value is -2.82. The van der Waals surface area contributed by atoms with E-state index in [1.165, 1.54) is 0 Å². The number of benzene rings is 2. The van der Waals surface area contributed by atoms with Crippen LogP contribution in [-0.4, -0.2) is 24.0 Å². The van der Waals surface area contributed by atoms with Gasteiger partial charge in [-0.05, 0) is 57.4 Å². The predicted molar refractivity (Wildman–Crippen MR) is 113 cm³/mol. The lowest BCUT2D eigenvalue weighted by molar-refractivity contribution is -0.122. The number of carbonyl (C=O) groups excluding carboxylic acids is 2. The lowest BCUT2D eigenvalue weighted by atomic mass is 10.1. The molecule has 2 N–H and O–H groups in total. The van der Waals surface area contributed by atoms with E-state index in [1.54, 1.807) is 24.3 Å². The SMILES string of the molecule is CCC(C)NC(=O)c1ccccc1NC(=O)C(CC)Oc1ccc(C)cc1C. The summed E-state index contributed by atoms with van der Waals surface area (Å²) >= 11 is 0. The van der Waals surface area contributed by atoms with Crippen molar-refractivity contribution in [2.45, 2.75) is 59.6 Å². The molecule has 150 valence electrons. The van der Waals surface area contributed by atoms with Gasteiger partial charge in [0.2, 0.25) is 0 Å². The average molecular weight is 383 g/mol. The van der Waals surface area contributed by atoms with Crippen LogP contribution in [0.2, 0.25) is 0 Å². The molecule has 0 saturated carbocycles. The average Bonchev–Trinajstić information content (AvgIpc) is 2.67. The Morgan fingerprint density at radius 2 is 1.75 bits per heavy atom. The van der Waals surface area contributed by atoms with Gasteiger partial charge in [0.25, 0.3) is 11.8 Å². The van der Waals surface area contributed by atoms with Crippen molar-refractivity contribution in [1.29, 1.82) is 0 Å². The lowest BCUT2D eigenvalue weighted by Crippen LogP contribution is -2.35. The maximum atomic E-state index is 12.8. The minimum Gasteiger partial charge on any atom is -0.480 e. The van der Waals surface area contributed by atoms with Crippen molar-refractivity contribution >= 4 is 17.5 Å². The Morgan fingerprint density at radius 1 is 1.04 bits per heavy atom. The maximum Gasteiger partial charge on any atom is 0.265 e. The summed E-state index contributed by atoms with van der Waals surface area (Å²) in [6.07, 6.45) is 0.703. The zero-order chi connectivity index (χ0) is 20.7. The molecule has 0 aliphatic carbocycles. The van der Waals surface area contributed by atoms with Gasteiger partial charge in [-0.3, -0.25) is 9.59 Å². The number of carbonyl (C=O) groups is 2. The van der Waals surface area contributed by atoms with Crippen LogP contribution in [0.4, 0.5) is 5.69 Å². The van der Waals surface area contributed by atoms with Crippen molar-refractivity contribution in [3.63, 3.8) is 0 Å².